The molecule has 0 unspecified atom stereocenters. The third-order valence-electron chi connectivity index (χ3n) is 9.37. The van der Waals surface area contributed by atoms with E-state index in [4.69, 9.17) is 18.8 Å². The largest absolute Gasteiger partial charge is 0.456 e. The molecule has 0 radical (unpaired) electrons. The van der Waals surface area contributed by atoms with Gasteiger partial charge in [-0.05, 0) is 60.2 Å². The molecule has 10 rings (SSSR count). The van der Waals surface area contributed by atoms with Crippen molar-refractivity contribution < 1.29 is 8.83 Å². The van der Waals surface area contributed by atoms with Crippen LogP contribution in [0.4, 0.5) is 0 Å². The number of para-hydroxylation sites is 2. The van der Waals surface area contributed by atoms with Gasteiger partial charge in [0.05, 0.1) is 17.1 Å². The molecule has 5 heteroatoms. The van der Waals surface area contributed by atoms with Crippen LogP contribution in [0.1, 0.15) is 0 Å². The van der Waals surface area contributed by atoms with Crippen LogP contribution in [0, 0.1) is 0 Å². The lowest BCUT2D eigenvalue weighted by Crippen LogP contribution is -1.96. The third kappa shape index (κ3) is 4.67. The van der Waals surface area contributed by atoms with Crippen molar-refractivity contribution in [3.63, 3.8) is 0 Å². The molecule has 4 aromatic heterocycles. The van der Waals surface area contributed by atoms with Crippen molar-refractivity contribution in [3.8, 4) is 56.3 Å². The predicted octanol–water partition coefficient (Wildman–Crippen LogP) is 12.0. The number of benzene rings is 6. The maximum atomic E-state index is 6.68. The number of furan rings is 2. The summed E-state index contributed by atoms with van der Waals surface area (Å²) in [6.07, 6.45) is 1.82. The first-order chi connectivity index (χ1) is 24.8. The smallest absolute Gasteiger partial charge is 0.160 e. The van der Waals surface area contributed by atoms with E-state index in [9.17, 15) is 0 Å². The fraction of sp³-hybridized carbons (Fsp3) is 0. The fourth-order valence-corrected chi connectivity index (χ4v) is 6.98. The van der Waals surface area contributed by atoms with Crippen molar-refractivity contribution in [2.24, 2.45) is 0 Å². The summed E-state index contributed by atoms with van der Waals surface area (Å²) < 4.78 is 13.0. The summed E-state index contributed by atoms with van der Waals surface area (Å²) in [5.41, 5.74) is 11.8. The van der Waals surface area contributed by atoms with Crippen molar-refractivity contribution >= 4 is 43.9 Å². The zero-order chi connectivity index (χ0) is 33.0. The van der Waals surface area contributed by atoms with Gasteiger partial charge in [0.25, 0.3) is 0 Å². The molecule has 0 aliphatic heterocycles. The molecule has 0 aliphatic rings. The minimum absolute atomic E-state index is 0.654. The second-order valence-electron chi connectivity index (χ2n) is 12.4. The molecule has 0 atom stereocenters. The Morgan fingerprint density at radius 1 is 0.380 bits per heavy atom. The molecule has 6 aromatic carbocycles. The van der Waals surface area contributed by atoms with E-state index < -0.39 is 0 Å². The lowest BCUT2D eigenvalue weighted by Gasteiger charge is -2.12. The number of hydrogen-bond acceptors (Lipinski definition) is 5. The Bertz CT molecular complexity index is 2870. The lowest BCUT2D eigenvalue weighted by molar-refractivity contribution is 0.668. The summed E-state index contributed by atoms with van der Waals surface area (Å²) in [5.74, 6) is 0.654. The topological polar surface area (TPSA) is 65.0 Å². The minimum atomic E-state index is 0.654. The molecule has 0 fully saturated rings. The van der Waals surface area contributed by atoms with E-state index in [1.165, 1.54) is 0 Å². The SMILES string of the molecule is c1ccc(-c2nc(-c3cccc(-c4ccccn4)c3)cc(-c3ccc(-c4ccc5c(c4)oc4ccccc45)c4oc5ccccc5c34)n2)cc1. The van der Waals surface area contributed by atoms with Gasteiger partial charge in [0, 0.05) is 55.6 Å². The van der Waals surface area contributed by atoms with Crippen LogP contribution < -0.4 is 0 Å². The highest BCUT2D eigenvalue weighted by Gasteiger charge is 2.20. The predicted molar refractivity (Wildman–Crippen MR) is 202 cm³/mol. The summed E-state index contributed by atoms with van der Waals surface area (Å²) in [5, 5.41) is 4.24. The van der Waals surface area contributed by atoms with Crippen LogP contribution in [0.25, 0.3) is 100 Å². The van der Waals surface area contributed by atoms with E-state index in [1.54, 1.807) is 0 Å². The molecule has 0 aliphatic carbocycles. The molecule has 0 amide bonds. The van der Waals surface area contributed by atoms with Crippen LogP contribution in [0.15, 0.2) is 173 Å². The zero-order valence-electron chi connectivity index (χ0n) is 26.7. The van der Waals surface area contributed by atoms with Crippen molar-refractivity contribution in [2.75, 3.05) is 0 Å². The molecule has 10 aromatic rings. The highest BCUT2D eigenvalue weighted by atomic mass is 16.3. The molecule has 0 saturated heterocycles. The van der Waals surface area contributed by atoms with Crippen molar-refractivity contribution in [1.29, 1.82) is 0 Å². The van der Waals surface area contributed by atoms with Crippen LogP contribution in [0.3, 0.4) is 0 Å². The molecule has 5 nitrogen and oxygen atoms in total. The van der Waals surface area contributed by atoms with Gasteiger partial charge < -0.3 is 8.83 Å². The van der Waals surface area contributed by atoms with Gasteiger partial charge in [-0.3, -0.25) is 4.98 Å². The Balaban J connectivity index is 1.20. The van der Waals surface area contributed by atoms with Crippen LogP contribution in [0.2, 0.25) is 0 Å². The number of hydrogen-bond donors (Lipinski definition) is 0. The minimum Gasteiger partial charge on any atom is -0.456 e. The van der Waals surface area contributed by atoms with Gasteiger partial charge in [-0.2, -0.15) is 0 Å². The van der Waals surface area contributed by atoms with Crippen molar-refractivity contribution in [2.45, 2.75) is 0 Å². The summed E-state index contributed by atoms with van der Waals surface area (Å²) in [6, 6.07) is 53.6. The van der Waals surface area contributed by atoms with Crippen molar-refractivity contribution in [3.05, 3.63) is 164 Å². The first-order valence-corrected chi connectivity index (χ1v) is 16.6. The maximum Gasteiger partial charge on any atom is 0.160 e. The standard InChI is InChI=1S/C45H27N3O2/c1-2-11-28(12-3-1)45-47-38(31-14-10-13-30(25-31)37-17-8-9-24-46-37)27-39(48-45)35-23-22-32(44-43(35)36-16-5-7-19-41(36)50-44)29-20-21-34-33-15-4-6-18-40(33)49-42(34)26-29/h1-27H. The van der Waals surface area contributed by atoms with Crippen LogP contribution in [-0.4, -0.2) is 15.0 Å². The van der Waals surface area contributed by atoms with E-state index in [0.29, 0.717) is 5.82 Å². The second-order valence-corrected chi connectivity index (χ2v) is 12.4. The van der Waals surface area contributed by atoms with E-state index in [-0.39, 0.29) is 0 Å². The quantitative estimate of drug-likeness (QED) is 0.187. The zero-order valence-corrected chi connectivity index (χ0v) is 26.7. The lowest BCUT2D eigenvalue weighted by atomic mass is 9.95. The molecule has 0 bridgehead atoms. The van der Waals surface area contributed by atoms with Crippen LogP contribution in [-0.2, 0) is 0 Å². The van der Waals surface area contributed by atoms with Gasteiger partial charge >= 0.3 is 0 Å². The van der Waals surface area contributed by atoms with Gasteiger partial charge in [0.15, 0.2) is 5.82 Å². The summed E-state index contributed by atoms with van der Waals surface area (Å²) in [7, 11) is 0. The van der Waals surface area contributed by atoms with E-state index in [0.717, 1.165) is 94.3 Å². The van der Waals surface area contributed by atoms with E-state index >= 15 is 0 Å². The molecule has 234 valence electrons. The van der Waals surface area contributed by atoms with Gasteiger partial charge in [-0.25, -0.2) is 9.97 Å². The molecule has 0 spiro atoms. The molecule has 50 heavy (non-hydrogen) atoms. The van der Waals surface area contributed by atoms with Gasteiger partial charge in [-0.15, -0.1) is 0 Å². The number of nitrogens with zero attached hydrogens (tertiary/aromatic N) is 3. The van der Waals surface area contributed by atoms with Crippen LogP contribution in [0.5, 0.6) is 0 Å². The molecule has 0 N–H and O–H groups in total. The molecular formula is C45H27N3O2. The number of fused-ring (bicyclic) bond motifs is 6. The number of aromatic nitrogens is 3. The van der Waals surface area contributed by atoms with Crippen LogP contribution >= 0.6 is 0 Å². The first kappa shape index (κ1) is 28.2. The first-order valence-electron chi connectivity index (χ1n) is 16.6. The van der Waals surface area contributed by atoms with Gasteiger partial charge in [0.1, 0.15) is 22.3 Å². The fourth-order valence-electron chi connectivity index (χ4n) is 6.98. The molecular weight excluding hydrogens is 615 g/mol. The Morgan fingerprint density at radius 3 is 1.90 bits per heavy atom. The summed E-state index contributed by atoms with van der Waals surface area (Å²) in [4.78, 5) is 14.9. The average Bonchev–Trinajstić information content (AvgIpc) is 3.77. The van der Waals surface area contributed by atoms with E-state index in [2.05, 4.69) is 83.8 Å². The molecule has 0 saturated carbocycles. The Labute approximate surface area is 287 Å². The Hall–Kier alpha value is -6.85. The Kier molecular flexibility index (Phi) is 6.42. The van der Waals surface area contributed by atoms with Crippen molar-refractivity contribution in [1.82, 2.24) is 15.0 Å². The monoisotopic (exact) mass is 641 g/mol. The third-order valence-corrected chi connectivity index (χ3v) is 9.37. The second kappa shape index (κ2) is 11.4. The number of rotatable bonds is 5. The number of pyridine rings is 1. The normalized spacial score (nSPS) is 11.6. The van der Waals surface area contributed by atoms with Gasteiger partial charge in [0.2, 0.25) is 0 Å². The Morgan fingerprint density at radius 2 is 1.06 bits per heavy atom. The average molecular weight is 642 g/mol. The maximum absolute atomic E-state index is 6.68. The van der Waals surface area contributed by atoms with E-state index in [1.807, 2.05) is 85.1 Å². The summed E-state index contributed by atoms with van der Waals surface area (Å²) in [6.45, 7) is 0. The van der Waals surface area contributed by atoms with Gasteiger partial charge in [-0.1, -0.05) is 103 Å². The highest BCUT2D eigenvalue weighted by Crippen LogP contribution is 2.43. The summed E-state index contributed by atoms with van der Waals surface area (Å²) >= 11 is 0. The molecule has 4 heterocycles. The highest BCUT2D eigenvalue weighted by molar-refractivity contribution is 6.16.